The zero-order valence-electron chi connectivity index (χ0n) is 24.6. The van der Waals surface area contributed by atoms with E-state index in [9.17, 15) is 22.4 Å². The number of rotatable bonds is 13. The lowest BCUT2D eigenvalue weighted by Crippen LogP contribution is -2.53. The van der Waals surface area contributed by atoms with Gasteiger partial charge in [0.25, 0.3) is 10.0 Å². The van der Waals surface area contributed by atoms with Crippen molar-refractivity contribution in [1.29, 1.82) is 0 Å². The van der Waals surface area contributed by atoms with Gasteiger partial charge in [0.05, 0.1) is 10.6 Å². The Hall–Kier alpha value is -4.21. The molecule has 0 unspecified atom stereocenters. The highest BCUT2D eigenvalue weighted by atomic mass is 35.5. The predicted molar refractivity (Wildman–Crippen MR) is 171 cm³/mol. The third-order valence-electron chi connectivity index (χ3n) is 7.16. The largest absolute Gasteiger partial charge is 0.354 e. The van der Waals surface area contributed by atoms with E-state index in [-0.39, 0.29) is 29.1 Å². The molecule has 0 radical (unpaired) electrons. The van der Waals surface area contributed by atoms with Gasteiger partial charge in [0.1, 0.15) is 18.4 Å². The Bertz CT molecular complexity index is 1690. The standard InChI is InChI=1S/C34H35ClFN3O4S/c1-3-20-37-34(41)32(22-26-12-6-4-7-13-26)38(23-27-14-10-11-17-30(27)36)33(40)24-39(31-19-18-28(35)21-25(31)2)44(42,43)29-15-8-5-9-16-29/h4-19,21,32H,3,20,22-24H2,1-2H3,(H,37,41)/t32-/m0/s1. The summed E-state index contributed by atoms with van der Waals surface area (Å²) in [7, 11) is -4.25. The molecule has 44 heavy (non-hydrogen) atoms. The highest BCUT2D eigenvalue weighted by molar-refractivity contribution is 7.92. The molecule has 0 fully saturated rings. The first kappa shape index (κ1) is 32.7. The molecule has 230 valence electrons. The van der Waals surface area contributed by atoms with Gasteiger partial charge >= 0.3 is 0 Å². The number of halogens is 2. The molecule has 0 aromatic heterocycles. The Kier molecular flexibility index (Phi) is 11.1. The topological polar surface area (TPSA) is 86.8 Å². The van der Waals surface area contributed by atoms with Gasteiger partial charge in [-0.3, -0.25) is 13.9 Å². The summed E-state index contributed by atoms with van der Waals surface area (Å²) in [5, 5.41) is 3.28. The van der Waals surface area contributed by atoms with Gasteiger partial charge in [-0.1, -0.05) is 85.3 Å². The summed E-state index contributed by atoms with van der Waals surface area (Å²) in [4.78, 5) is 29.3. The number of nitrogens with one attached hydrogen (secondary N) is 1. The molecule has 10 heteroatoms. The van der Waals surface area contributed by atoms with Crippen molar-refractivity contribution in [3.05, 3.63) is 131 Å². The van der Waals surface area contributed by atoms with Gasteiger partial charge in [0.15, 0.2) is 0 Å². The van der Waals surface area contributed by atoms with Crippen LogP contribution in [-0.4, -0.2) is 44.3 Å². The molecule has 2 amide bonds. The minimum atomic E-state index is -4.25. The minimum absolute atomic E-state index is 0.00988. The summed E-state index contributed by atoms with van der Waals surface area (Å²) in [5.41, 5.74) is 1.78. The fourth-order valence-corrected chi connectivity index (χ4v) is 6.59. The van der Waals surface area contributed by atoms with Crippen molar-refractivity contribution in [2.24, 2.45) is 0 Å². The first-order valence-corrected chi connectivity index (χ1v) is 16.1. The van der Waals surface area contributed by atoms with E-state index < -0.39 is 40.2 Å². The van der Waals surface area contributed by atoms with E-state index in [4.69, 9.17) is 11.6 Å². The van der Waals surface area contributed by atoms with Crippen molar-refractivity contribution in [3.63, 3.8) is 0 Å². The van der Waals surface area contributed by atoms with Crippen LogP contribution in [0, 0.1) is 12.7 Å². The lowest BCUT2D eigenvalue weighted by Gasteiger charge is -2.34. The van der Waals surface area contributed by atoms with Gasteiger partial charge in [-0.25, -0.2) is 12.8 Å². The van der Waals surface area contributed by atoms with Crippen LogP contribution in [0.1, 0.15) is 30.0 Å². The molecule has 0 spiro atoms. The molecule has 4 rings (SSSR count). The maximum absolute atomic E-state index is 15.0. The van der Waals surface area contributed by atoms with E-state index in [0.717, 1.165) is 9.87 Å². The van der Waals surface area contributed by atoms with Crippen molar-refractivity contribution in [2.45, 2.75) is 44.2 Å². The molecule has 1 atom stereocenters. The molecule has 0 aliphatic rings. The van der Waals surface area contributed by atoms with Crippen molar-refractivity contribution in [2.75, 3.05) is 17.4 Å². The first-order valence-electron chi connectivity index (χ1n) is 14.3. The maximum atomic E-state index is 15.0. The average molecular weight is 636 g/mol. The zero-order valence-corrected chi connectivity index (χ0v) is 26.2. The van der Waals surface area contributed by atoms with Crippen LogP contribution < -0.4 is 9.62 Å². The number of aryl methyl sites for hydroxylation is 1. The first-order chi connectivity index (χ1) is 21.1. The molecular formula is C34H35ClFN3O4S. The van der Waals surface area contributed by atoms with Crippen LogP contribution in [-0.2, 0) is 32.6 Å². The number of hydrogen-bond acceptors (Lipinski definition) is 4. The lowest BCUT2D eigenvalue weighted by atomic mass is 10.0. The van der Waals surface area contributed by atoms with E-state index in [1.165, 1.54) is 29.2 Å². The van der Waals surface area contributed by atoms with Crippen molar-refractivity contribution in [1.82, 2.24) is 10.2 Å². The summed E-state index contributed by atoms with van der Waals surface area (Å²) in [6.07, 6.45) is 0.811. The van der Waals surface area contributed by atoms with Crippen molar-refractivity contribution in [3.8, 4) is 0 Å². The number of sulfonamides is 1. The SMILES string of the molecule is CCCNC(=O)[C@H](Cc1ccccc1)N(Cc1ccccc1F)C(=O)CN(c1ccc(Cl)cc1C)S(=O)(=O)c1ccccc1. The molecule has 1 N–H and O–H groups in total. The van der Waals surface area contributed by atoms with Crippen LogP contribution in [0.25, 0.3) is 0 Å². The van der Waals surface area contributed by atoms with Crippen LogP contribution in [0.3, 0.4) is 0 Å². The monoisotopic (exact) mass is 635 g/mol. The van der Waals surface area contributed by atoms with E-state index >= 15 is 0 Å². The van der Waals surface area contributed by atoms with Crippen LogP contribution in [0.4, 0.5) is 10.1 Å². The second-order valence-corrected chi connectivity index (χ2v) is 12.7. The number of anilines is 1. The van der Waals surface area contributed by atoms with Crippen LogP contribution in [0.5, 0.6) is 0 Å². The van der Waals surface area contributed by atoms with Crippen LogP contribution >= 0.6 is 11.6 Å². The molecule has 0 aliphatic carbocycles. The Morgan fingerprint density at radius 2 is 1.55 bits per heavy atom. The predicted octanol–water partition coefficient (Wildman–Crippen LogP) is 6.15. The highest BCUT2D eigenvalue weighted by Gasteiger charge is 2.35. The normalized spacial score (nSPS) is 11.9. The van der Waals surface area contributed by atoms with E-state index in [2.05, 4.69) is 5.32 Å². The third kappa shape index (κ3) is 8.03. The molecule has 0 saturated heterocycles. The molecule has 0 bridgehead atoms. The van der Waals surface area contributed by atoms with Crippen LogP contribution in [0.15, 0.2) is 108 Å². The molecular weight excluding hydrogens is 601 g/mol. The van der Waals surface area contributed by atoms with E-state index in [0.29, 0.717) is 23.6 Å². The summed E-state index contributed by atoms with van der Waals surface area (Å²) < 4.78 is 44.1. The molecule has 7 nitrogen and oxygen atoms in total. The van der Waals surface area contributed by atoms with Gasteiger partial charge < -0.3 is 10.2 Å². The number of carbonyl (C=O) groups excluding carboxylic acids is 2. The van der Waals surface area contributed by atoms with Gasteiger partial charge in [0.2, 0.25) is 11.8 Å². The number of amides is 2. The Balaban J connectivity index is 1.82. The van der Waals surface area contributed by atoms with E-state index in [1.54, 1.807) is 55.5 Å². The summed E-state index contributed by atoms with van der Waals surface area (Å²) in [5.74, 6) is -1.63. The second kappa shape index (κ2) is 15.0. The summed E-state index contributed by atoms with van der Waals surface area (Å²) in [6, 6.07) is 26.6. The number of carbonyl (C=O) groups is 2. The Morgan fingerprint density at radius 3 is 2.18 bits per heavy atom. The molecule has 4 aromatic rings. The lowest BCUT2D eigenvalue weighted by molar-refractivity contribution is -0.140. The quantitative estimate of drug-likeness (QED) is 0.191. The average Bonchev–Trinajstić information content (AvgIpc) is 3.02. The fourth-order valence-electron chi connectivity index (χ4n) is 4.86. The van der Waals surface area contributed by atoms with Crippen LogP contribution in [0.2, 0.25) is 5.02 Å². The van der Waals surface area contributed by atoms with E-state index in [1.807, 2.05) is 37.3 Å². The fraction of sp³-hybridized carbons (Fsp3) is 0.235. The van der Waals surface area contributed by atoms with Gasteiger partial charge in [-0.05, 0) is 60.9 Å². The van der Waals surface area contributed by atoms with Gasteiger partial charge in [-0.2, -0.15) is 0 Å². The molecule has 4 aromatic carbocycles. The Labute approximate surface area is 263 Å². The molecule has 0 saturated carbocycles. The summed E-state index contributed by atoms with van der Waals surface area (Å²) in [6.45, 7) is 3.11. The van der Waals surface area contributed by atoms with Gasteiger partial charge in [-0.15, -0.1) is 0 Å². The van der Waals surface area contributed by atoms with Gasteiger partial charge in [0, 0.05) is 30.1 Å². The Morgan fingerprint density at radius 1 is 0.909 bits per heavy atom. The molecule has 0 aliphatic heterocycles. The number of benzene rings is 4. The zero-order chi connectivity index (χ0) is 31.7. The highest BCUT2D eigenvalue weighted by Crippen LogP contribution is 2.29. The second-order valence-electron chi connectivity index (χ2n) is 10.4. The van der Waals surface area contributed by atoms with Crippen molar-refractivity contribution >= 4 is 39.1 Å². The molecule has 0 heterocycles. The smallest absolute Gasteiger partial charge is 0.264 e. The number of nitrogens with zero attached hydrogens (tertiary/aromatic N) is 2. The third-order valence-corrected chi connectivity index (χ3v) is 9.17. The summed E-state index contributed by atoms with van der Waals surface area (Å²) >= 11 is 6.19. The maximum Gasteiger partial charge on any atom is 0.264 e. The van der Waals surface area contributed by atoms with Crippen molar-refractivity contribution < 1.29 is 22.4 Å². The number of hydrogen-bond donors (Lipinski definition) is 1. The minimum Gasteiger partial charge on any atom is -0.354 e.